The SMILES string of the molecule is Oc1c(N=Nc2ccccc2)c(S(O)(O)O)cc2ccccc12. The molecule has 3 rings (SSSR count). The summed E-state index contributed by atoms with van der Waals surface area (Å²) in [6.45, 7) is 0. The molecule has 6 nitrogen and oxygen atoms in total. The molecule has 0 fully saturated rings. The summed E-state index contributed by atoms with van der Waals surface area (Å²) in [5, 5.41) is 19.3. The van der Waals surface area contributed by atoms with Crippen LogP contribution in [-0.4, -0.2) is 18.8 Å². The van der Waals surface area contributed by atoms with Crippen molar-refractivity contribution in [3.05, 3.63) is 60.7 Å². The molecule has 0 saturated carbocycles. The molecule has 0 aliphatic carbocycles. The highest BCUT2D eigenvalue weighted by Gasteiger charge is 2.25. The third kappa shape index (κ3) is 3.17. The molecule has 0 bridgehead atoms. The van der Waals surface area contributed by atoms with Gasteiger partial charge in [0.05, 0.1) is 10.6 Å². The van der Waals surface area contributed by atoms with Crippen LogP contribution < -0.4 is 0 Å². The van der Waals surface area contributed by atoms with Gasteiger partial charge in [-0.25, -0.2) is 0 Å². The van der Waals surface area contributed by atoms with Crippen LogP contribution >= 0.6 is 10.9 Å². The van der Waals surface area contributed by atoms with E-state index in [1.165, 1.54) is 6.07 Å². The zero-order valence-corrected chi connectivity index (χ0v) is 12.7. The van der Waals surface area contributed by atoms with Crippen molar-refractivity contribution in [2.24, 2.45) is 10.2 Å². The predicted molar refractivity (Wildman–Crippen MR) is 90.0 cm³/mol. The van der Waals surface area contributed by atoms with Crippen LogP contribution in [0.2, 0.25) is 0 Å². The van der Waals surface area contributed by atoms with Crippen LogP contribution in [0, 0.1) is 0 Å². The lowest BCUT2D eigenvalue weighted by Gasteiger charge is -2.22. The van der Waals surface area contributed by atoms with Gasteiger partial charge >= 0.3 is 0 Å². The molecule has 0 atom stereocenters. The molecule has 0 saturated heterocycles. The van der Waals surface area contributed by atoms with E-state index in [1.54, 1.807) is 48.5 Å². The fourth-order valence-corrected chi connectivity index (χ4v) is 2.88. The summed E-state index contributed by atoms with van der Waals surface area (Å²) in [5.74, 6) is -0.271. The minimum atomic E-state index is -4.07. The van der Waals surface area contributed by atoms with E-state index in [0.29, 0.717) is 16.5 Å². The number of nitrogens with zero attached hydrogens (tertiary/aromatic N) is 2. The van der Waals surface area contributed by atoms with Gasteiger partial charge in [0.2, 0.25) is 0 Å². The summed E-state index contributed by atoms with van der Waals surface area (Å²) in [4.78, 5) is -0.270. The van der Waals surface area contributed by atoms with Crippen molar-refractivity contribution >= 4 is 33.0 Å². The van der Waals surface area contributed by atoms with Gasteiger partial charge in [0.15, 0.2) is 5.75 Å². The summed E-state index contributed by atoms with van der Waals surface area (Å²) >= 11 is 0. The Morgan fingerprint density at radius 2 is 1.43 bits per heavy atom. The van der Waals surface area contributed by atoms with Crippen molar-refractivity contribution in [2.75, 3.05) is 0 Å². The second-order valence-corrected chi connectivity index (χ2v) is 6.32. The van der Waals surface area contributed by atoms with E-state index in [2.05, 4.69) is 10.2 Å². The van der Waals surface area contributed by atoms with Crippen LogP contribution in [0.1, 0.15) is 0 Å². The van der Waals surface area contributed by atoms with Crippen LogP contribution in [0.4, 0.5) is 11.4 Å². The van der Waals surface area contributed by atoms with E-state index < -0.39 is 10.9 Å². The highest BCUT2D eigenvalue weighted by atomic mass is 32.3. The fraction of sp³-hybridized carbons (Fsp3) is 0. The van der Waals surface area contributed by atoms with Crippen molar-refractivity contribution in [1.29, 1.82) is 0 Å². The highest BCUT2D eigenvalue weighted by molar-refractivity contribution is 8.19. The van der Waals surface area contributed by atoms with Crippen molar-refractivity contribution in [2.45, 2.75) is 4.90 Å². The van der Waals surface area contributed by atoms with Gasteiger partial charge in [0.25, 0.3) is 0 Å². The van der Waals surface area contributed by atoms with E-state index in [0.717, 1.165) is 0 Å². The van der Waals surface area contributed by atoms with E-state index in [-0.39, 0.29) is 16.3 Å². The van der Waals surface area contributed by atoms with Crippen LogP contribution in [0.3, 0.4) is 0 Å². The first-order valence-electron chi connectivity index (χ1n) is 6.69. The van der Waals surface area contributed by atoms with Crippen molar-refractivity contribution in [3.63, 3.8) is 0 Å². The quantitative estimate of drug-likeness (QED) is 0.473. The Balaban J connectivity index is 2.21. The third-order valence-electron chi connectivity index (χ3n) is 3.28. The molecule has 7 heteroatoms. The number of benzene rings is 3. The van der Waals surface area contributed by atoms with Crippen LogP contribution in [0.25, 0.3) is 10.8 Å². The molecule has 0 heterocycles. The van der Waals surface area contributed by atoms with Gasteiger partial charge in [-0.1, -0.05) is 42.5 Å². The molecule has 3 aromatic rings. The Bertz CT molecular complexity index is 876. The average Bonchev–Trinajstić information content (AvgIpc) is 2.54. The standard InChI is InChI=1S/C16H14N2O4S/c19-16-13-9-5-4-6-11(13)10-14(23(20,21)22)15(16)18-17-12-7-2-1-3-8-12/h1-10,19-22H. The first kappa shape index (κ1) is 15.4. The summed E-state index contributed by atoms with van der Waals surface area (Å²) in [6.07, 6.45) is 0. The summed E-state index contributed by atoms with van der Waals surface area (Å²) in [6, 6.07) is 17.0. The van der Waals surface area contributed by atoms with E-state index in [9.17, 15) is 18.8 Å². The average molecular weight is 330 g/mol. The number of hydrogen-bond donors (Lipinski definition) is 4. The lowest BCUT2D eigenvalue weighted by molar-refractivity contribution is 0.375. The maximum atomic E-state index is 10.4. The normalized spacial score (nSPS) is 12.8. The number of fused-ring (bicyclic) bond motifs is 1. The van der Waals surface area contributed by atoms with Gasteiger partial charge in [0.1, 0.15) is 16.6 Å². The van der Waals surface area contributed by atoms with Crippen LogP contribution in [0.15, 0.2) is 75.8 Å². The van der Waals surface area contributed by atoms with Gasteiger partial charge in [-0.2, -0.15) is 5.11 Å². The minimum Gasteiger partial charge on any atom is -0.505 e. The maximum Gasteiger partial charge on any atom is 0.152 e. The molecular formula is C16H14N2O4S. The van der Waals surface area contributed by atoms with E-state index >= 15 is 0 Å². The Labute approximate surface area is 133 Å². The number of azo groups is 1. The third-order valence-corrected chi connectivity index (χ3v) is 4.18. The van der Waals surface area contributed by atoms with Crippen molar-refractivity contribution in [3.8, 4) is 5.75 Å². The van der Waals surface area contributed by atoms with Gasteiger partial charge in [-0.15, -0.1) is 5.11 Å². The number of rotatable bonds is 3. The number of phenolic OH excluding ortho intramolecular Hbond substituents is 1. The van der Waals surface area contributed by atoms with Gasteiger partial charge in [0, 0.05) is 5.39 Å². The molecule has 118 valence electrons. The Morgan fingerprint density at radius 3 is 2.13 bits per heavy atom. The van der Waals surface area contributed by atoms with Crippen molar-refractivity contribution < 1.29 is 18.8 Å². The smallest absolute Gasteiger partial charge is 0.152 e. The second-order valence-electron chi connectivity index (χ2n) is 4.85. The maximum absolute atomic E-state index is 10.4. The van der Waals surface area contributed by atoms with Crippen molar-refractivity contribution in [1.82, 2.24) is 0 Å². The number of phenols is 1. The summed E-state index contributed by atoms with van der Waals surface area (Å²) in [7, 11) is -4.07. The molecule has 3 aromatic carbocycles. The van der Waals surface area contributed by atoms with E-state index in [1.807, 2.05) is 6.07 Å². The Morgan fingerprint density at radius 1 is 0.783 bits per heavy atom. The Kier molecular flexibility index (Phi) is 4.01. The number of aromatic hydroxyl groups is 1. The monoisotopic (exact) mass is 330 g/mol. The molecule has 4 N–H and O–H groups in total. The van der Waals surface area contributed by atoms with Crippen LogP contribution in [0.5, 0.6) is 5.75 Å². The molecule has 0 radical (unpaired) electrons. The highest BCUT2D eigenvalue weighted by Crippen LogP contribution is 2.54. The molecule has 0 aliphatic heterocycles. The molecule has 0 aromatic heterocycles. The number of hydrogen-bond acceptors (Lipinski definition) is 6. The summed E-state index contributed by atoms with van der Waals surface area (Å²) in [5.41, 5.74) is 0.357. The molecule has 0 amide bonds. The van der Waals surface area contributed by atoms with E-state index in [4.69, 9.17) is 0 Å². The largest absolute Gasteiger partial charge is 0.505 e. The first-order chi connectivity index (χ1) is 11.0. The fourth-order valence-electron chi connectivity index (χ4n) is 2.20. The zero-order valence-electron chi connectivity index (χ0n) is 11.9. The summed E-state index contributed by atoms with van der Waals surface area (Å²) < 4.78 is 28.9. The molecule has 0 unspecified atom stereocenters. The Hall–Kier alpha value is -2.45. The molecular weight excluding hydrogens is 316 g/mol. The molecule has 0 spiro atoms. The second kappa shape index (κ2) is 5.98. The van der Waals surface area contributed by atoms with Gasteiger partial charge < -0.3 is 18.8 Å². The lowest BCUT2D eigenvalue weighted by atomic mass is 10.1. The first-order valence-corrected chi connectivity index (χ1v) is 8.19. The minimum absolute atomic E-state index is 0.171. The molecule has 0 aliphatic rings. The zero-order chi connectivity index (χ0) is 16.4. The topological polar surface area (TPSA) is 106 Å². The van der Waals surface area contributed by atoms with Gasteiger partial charge in [-0.05, 0) is 23.6 Å². The van der Waals surface area contributed by atoms with Gasteiger partial charge in [-0.3, -0.25) is 0 Å². The predicted octanol–water partition coefficient (Wildman–Crippen LogP) is 5.54. The molecule has 23 heavy (non-hydrogen) atoms. The van der Waals surface area contributed by atoms with Crippen LogP contribution in [-0.2, 0) is 0 Å². The lowest BCUT2D eigenvalue weighted by Crippen LogP contribution is -1.96.